The molecule has 2 aromatic heterocycles. The molecule has 0 spiro atoms. The van der Waals surface area contributed by atoms with Crippen LogP contribution < -0.4 is 10.1 Å². The number of halogens is 5. The van der Waals surface area contributed by atoms with Crippen LogP contribution in [0.4, 0.5) is 27.8 Å². The van der Waals surface area contributed by atoms with Crippen LogP contribution in [-0.4, -0.2) is 38.4 Å². The Morgan fingerprint density at radius 3 is 2.50 bits per heavy atom. The summed E-state index contributed by atoms with van der Waals surface area (Å²) < 4.78 is 72.3. The molecule has 0 amide bonds. The van der Waals surface area contributed by atoms with Crippen LogP contribution in [0, 0.1) is 29.4 Å². The van der Waals surface area contributed by atoms with E-state index in [1.165, 1.54) is 18.3 Å². The summed E-state index contributed by atoms with van der Waals surface area (Å²) >= 11 is 0. The summed E-state index contributed by atoms with van der Waals surface area (Å²) in [5, 5.41) is 13.5. The highest BCUT2D eigenvalue weighted by Crippen LogP contribution is 2.47. The summed E-state index contributed by atoms with van der Waals surface area (Å²) in [4.78, 5) is 23.7. The molecule has 38 heavy (non-hydrogen) atoms. The highest BCUT2D eigenvalue weighted by Gasteiger charge is 2.47. The maximum Gasteiger partial charge on any atom is 0.573 e. The number of nitrogens with zero attached hydrogens (tertiary/aromatic N) is 2. The molecule has 2 atom stereocenters. The molecule has 2 heterocycles. The first-order chi connectivity index (χ1) is 18.1. The number of hydrogen-bond acceptors (Lipinski definition) is 5. The minimum absolute atomic E-state index is 0.0186. The van der Waals surface area contributed by atoms with E-state index < -0.39 is 41.7 Å². The molecule has 3 aliphatic carbocycles. The SMILES string of the molecule is O=C(O)[C@H]1C2CCC(CC2)[C@@H]1Nc1nc(-c2c[nH]c3c(F)cc(F)cc23)nc2c(OC(F)(F)F)cccc12. The molecule has 2 bridgehead atoms. The van der Waals surface area contributed by atoms with E-state index in [0.717, 1.165) is 37.8 Å². The van der Waals surface area contributed by atoms with Crippen LogP contribution in [0.3, 0.4) is 0 Å². The summed E-state index contributed by atoms with van der Waals surface area (Å²) in [6, 6.07) is 5.25. The zero-order valence-electron chi connectivity index (χ0n) is 19.6. The molecule has 3 saturated carbocycles. The number of para-hydroxylation sites is 1. The largest absolute Gasteiger partial charge is 0.573 e. The van der Waals surface area contributed by atoms with Crippen LogP contribution in [0.15, 0.2) is 36.5 Å². The number of fused-ring (bicyclic) bond motifs is 5. The molecule has 0 aliphatic heterocycles. The lowest BCUT2D eigenvalue weighted by Crippen LogP contribution is -2.51. The van der Waals surface area contributed by atoms with Gasteiger partial charge in [-0.05, 0) is 55.7 Å². The van der Waals surface area contributed by atoms with Gasteiger partial charge in [0.2, 0.25) is 0 Å². The van der Waals surface area contributed by atoms with Crippen molar-refractivity contribution in [2.24, 2.45) is 17.8 Å². The predicted octanol–water partition coefficient (Wildman–Crippen LogP) is 6.26. The number of carboxylic acids is 1. The van der Waals surface area contributed by atoms with E-state index in [1.54, 1.807) is 0 Å². The molecule has 7 rings (SSSR count). The first-order valence-corrected chi connectivity index (χ1v) is 12.1. The first-order valence-electron chi connectivity index (χ1n) is 12.1. The second kappa shape index (κ2) is 8.81. The van der Waals surface area contributed by atoms with Crippen molar-refractivity contribution in [2.45, 2.75) is 38.1 Å². The minimum Gasteiger partial charge on any atom is -0.481 e. The first kappa shape index (κ1) is 24.4. The average Bonchev–Trinajstić information content (AvgIpc) is 3.28. The minimum atomic E-state index is -5.00. The van der Waals surface area contributed by atoms with Gasteiger partial charge < -0.3 is 20.1 Å². The number of anilines is 1. The van der Waals surface area contributed by atoms with Crippen molar-refractivity contribution in [3.05, 3.63) is 48.2 Å². The number of hydrogen-bond donors (Lipinski definition) is 3. The number of aromatic nitrogens is 3. The van der Waals surface area contributed by atoms with E-state index in [9.17, 15) is 31.9 Å². The molecule has 2 aromatic carbocycles. The Bertz CT molecular complexity index is 1560. The molecule has 3 N–H and O–H groups in total. The number of ether oxygens (including phenoxy) is 1. The molecule has 198 valence electrons. The van der Waals surface area contributed by atoms with E-state index in [2.05, 4.69) is 25.0 Å². The molecule has 7 nitrogen and oxygen atoms in total. The van der Waals surface area contributed by atoms with Crippen molar-refractivity contribution in [1.82, 2.24) is 15.0 Å². The third kappa shape index (κ3) is 4.17. The molecule has 3 aliphatic rings. The van der Waals surface area contributed by atoms with Gasteiger partial charge in [-0.15, -0.1) is 13.2 Å². The Kier molecular flexibility index (Phi) is 5.65. The van der Waals surface area contributed by atoms with Gasteiger partial charge in [0, 0.05) is 34.6 Å². The Labute approximate surface area is 212 Å². The monoisotopic (exact) mass is 532 g/mol. The molecule has 0 unspecified atom stereocenters. The number of carboxylic acid groups (broad SMARTS) is 1. The molecular formula is C26H21F5N4O3. The summed E-state index contributed by atoms with van der Waals surface area (Å²) in [6.07, 6.45) is -0.418. The average molecular weight is 532 g/mol. The van der Waals surface area contributed by atoms with Gasteiger partial charge in [-0.25, -0.2) is 18.7 Å². The summed E-state index contributed by atoms with van der Waals surface area (Å²) in [6.45, 7) is 0. The van der Waals surface area contributed by atoms with Crippen molar-refractivity contribution >= 4 is 33.6 Å². The fraction of sp³-hybridized carbons (Fsp3) is 0.346. The lowest BCUT2D eigenvalue weighted by Gasteiger charge is -2.47. The number of benzene rings is 2. The Hall–Kier alpha value is -3.96. The van der Waals surface area contributed by atoms with Gasteiger partial charge >= 0.3 is 12.3 Å². The van der Waals surface area contributed by atoms with E-state index in [-0.39, 0.29) is 50.8 Å². The van der Waals surface area contributed by atoms with Crippen molar-refractivity contribution in [3.63, 3.8) is 0 Å². The third-order valence-electron chi connectivity index (χ3n) is 7.67. The topological polar surface area (TPSA) is 100 Å². The van der Waals surface area contributed by atoms with E-state index >= 15 is 0 Å². The number of rotatable bonds is 5. The highest BCUT2D eigenvalue weighted by molar-refractivity contribution is 5.98. The molecule has 0 saturated heterocycles. The number of carbonyl (C=O) groups is 1. The Morgan fingerprint density at radius 2 is 1.79 bits per heavy atom. The van der Waals surface area contributed by atoms with Crippen LogP contribution in [0.25, 0.3) is 33.2 Å². The van der Waals surface area contributed by atoms with E-state index in [1.807, 2.05) is 0 Å². The molecule has 4 aromatic rings. The second-order valence-corrected chi connectivity index (χ2v) is 9.82. The van der Waals surface area contributed by atoms with Crippen molar-refractivity contribution < 1.29 is 36.6 Å². The fourth-order valence-electron chi connectivity index (χ4n) is 6.07. The van der Waals surface area contributed by atoms with Crippen molar-refractivity contribution in [3.8, 4) is 17.1 Å². The fourth-order valence-corrected chi connectivity index (χ4v) is 6.07. The number of aliphatic carboxylic acids is 1. The number of alkyl halides is 3. The molecule has 3 fully saturated rings. The van der Waals surface area contributed by atoms with Gasteiger partial charge in [0.15, 0.2) is 11.6 Å². The highest BCUT2D eigenvalue weighted by atomic mass is 19.4. The molecule has 0 radical (unpaired) electrons. The lowest BCUT2D eigenvalue weighted by atomic mass is 9.61. The van der Waals surface area contributed by atoms with Crippen LogP contribution in [-0.2, 0) is 4.79 Å². The summed E-state index contributed by atoms with van der Waals surface area (Å²) in [5.41, 5.74) is -0.0449. The zero-order valence-corrected chi connectivity index (χ0v) is 19.6. The summed E-state index contributed by atoms with van der Waals surface area (Å²) in [5.74, 6) is -3.89. The lowest BCUT2D eigenvalue weighted by molar-refractivity contribution is -0.274. The Morgan fingerprint density at radius 1 is 1.05 bits per heavy atom. The van der Waals surface area contributed by atoms with Crippen LogP contribution >= 0.6 is 0 Å². The van der Waals surface area contributed by atoms with Gasteiger partial charge in [-0.2, -0.15) is 0 Å². The number of H-pyrrole nitrogens is 1. The van der Waals surface area contributed by atoms with Gasteiger partial charge in [0.25, 0.3) is 0 Å². The quantitative estimate of drug-likeness (QED) is 0.263. The smallest absolute Gasteiger partial charge is 0.481 e. The number of aromatic amines is 1. The zero-order chi connectivity index (χ0) is 26.8. The van der Waals surface area contributed by atoms with Gasteiger partial charge in [-0.1, -0.05) is 6.07 Å². The summed E-state index contributed by atoms with van der Waals surface area (Å²) in [7, 11) is 0. The standard InChI is InChI=1S/C26H21F5N4O3/c27-13-8-15-16(10-32-21(15)17(28)9-13)24-34-22-14(2-1-3-18(22)38-26(29,30)31)23(35-24)33-20-12-6-4-11(5-7-12)19(20)25(36)37/h1-3,8-12,19-20,32H,4-7H2,(H,36,37)(H,33,34,35)/t11?,12?,19-,20-/m0/s1. The van der Waals surface area contributed by atoms with Crippen LogP contribution in [0.2, 0.25) is 0 Å². The van der Waals surface area contributed by atoms with Crippen LogP contribution in [0.1, 0.15) is 25.7 Å². The van der Waals surface area contributed by atoms with Crippen molar-refractivity contribution in [1.29, 1.82) is 0 Å². The Balaban J connectivity index is 1.54. The maximum absolute atomic E-state index is 14.3. The van der Waals surface area contributed by atoms with Gasteiger partial charge in [0.1, 0.15) is 23.0 Å². The maximum atomic E-state index is 14.3. The predicted molar refractivity (Wildman–Crippen MR) is 127 cm³/mol. The number of nitrogens with one attached hydrogen (secondary N) is 2. The second-order valence-electron chi connectivity index (χ2n) is 9.82. The van der Waals surface area contributed by atoms with Gasteiger partial charge in [-0.3, -0.25) is 4.79 Å². The normalized spacial score (nSPS) is 23.2. The van der Waals surface area contributed by atoms with E-state index in [0.29, 0.717) is 6.07 Å². The van der Waals surface area contributed by atoms with Gasteiger partial charge in [0.05, 0.1) is 11.4 Å². The third-order valence-corrected chi connectivity index (χ3v) is 7.67. The van der Waals surface area contributed by atoms with E-state index in [4.69, 9.17) is 0 Å². The molecular weight excluding hydrogens is 511 g/mol. The van der Waals surface area contributed by atoms with Crippen LogP contribution in [0.5, 0.6) is 5.75 Å². The van der Waals surface area contributed by atoms with Crippen molar-refractivity contribution in [2.75, 3.05) is 5.32 Å². The molecule has 12 heteroatoms.